The van der Waals surface area contributed by atoms with Gasteiger partial charge in [0.2, 0.25) is 0 Å². The van der Waals surface area contributed by atoms with Gasteiger partial charge in [-0.25, -0.2) is 9.98 Å². The van der Waals surface area contributed by atoms with Gasteiger partial charge in [0.25, 0.3) is 0 Å². The molecular formula is C21H32IN5O2S. The first kappa shape index (κ1) is 24.7. The molecule has 0 atom stereocenters. The van der Waals surface area contributed by atoms with Crippen LogP contribution >= 0.6 is 35.3 Å². The Hall–Kier alpha value is -1.59. The normalized spacial score (nSPS) is 14.9. The summed E-state index contributed by atoms with van der Waals surface area (Å²) in [5.41, 5.74) is 1.15. The van der Waals surface area contributed by atoms with Crippen LogP contribution < -0.4 is 14.8 Å². The molecule has 30 heavy (non-hydrogen) atoms. The molecule has 166 valence electrons. The van der Waals surface area contributed by atoms with Crippen molar-refractivity contribution in [3.63, 3.8) is 0 Å². The van der Waals surface area contributed by atoms with Gasteiger partial charge in [0.1, 0.15) is 16.5 Å². The molecule has 0 aliphatic carbocycles. The molecule has 0 spiro atoms. The second kappa shape index (κ2) is 12.3. The fourth-order valence-corrected chi connectivity index (χ4v) is 4.12. The van der Waals surface area contributed by atoms with E-state index in [9.17, 15) is 0 Å². The highest BCUT2D eigenvalue weighted by molar-refractivity contribution is 14.0. The number of aromatic nitrogens is 1. The number of aliphatic imine (C=N–C) groups is 1. The number of aryl methyl sites for hydroxylation is 1. The highest BCUT2D eigenvalue weighted by Gasteiger charge is 2.21. The van der Waals surface area contributed by atoms with Gasteiger partial charge in [-0.2, -0.15) is 0 Å². The predicted molar refractivity (Wildman–Crippen MR) is 133 cm³/mol. The largest absolute Gasteiger partial charge is 0.497 e. The zero-order chi connectivity index (χ0) is 20.6. The number of hydrogen-bond acceptors (Lipinski definition) is 6. The Labute approximate surface area is 200 Å². The quantitative estimate of drug-likeness (QED) is 0.327. The lowest BCUT2D eigenvalue weighted by Gasteiger charge is -2.36. The van der Waals surface area contributed by atoms with Crippen molar-refractivity contribution >= 4 is 41.3 Å². The molecule has 1 saturated heterocycles. The van der Waals surface area contributed by atoms with E-state index in [0.717, 1.165) is 67.3 Å². The molecular weight excluding hydrogens is 513 g/mol. The van der Waals surface area contributed by atoms with E-state index in [-0.39, 0.29) is 24.0 Å². The molecule has 0 saturated carbocycles. The fourth-order valence-electron chi connectivity index (χ4n) is 3.41. The Morgan fingerprint density at radius 2 is 1.97 bits per heavy atom. The summed E-state index contributed by atoms with van der Waals surface area (Å²) in [6, 6.07) is 5.97. The third kappa shape index (κ3) is 6.71. The highest BCUT2D eigenvalue weighted by atomic mass is 127. The lowest BCUT2D eigenvalue weighted by Crippen LogP contribution is -2.52. The molecule has 2 heterocycles. The second-order valence-electron chi connectivity index (χ2n) is 6.98. The number of rotatable bonds is 7. The Balaban J connectivity index is 0.00000320. The summed E-state index contributed by atoms with van der Waals surface area (Å²) < 4.78 is 10.9. The predicted octanol–water partition coefficient (Wildman–Crippen LogP) is 3.37. The number of nitrogens with one attached hydrogen (secondary N) is 1. The summed E-state index contributed by atoms with van der Waals surface area (Å²) in [5, 5.41) is 4.48. The van der Waals surface area contributed by atoms with E-state index in [1.165, 1.54) is 4.88 Å². The molecule has 0 bridgehead atoms. The molecule has 1 aromatic heterocycles. The van der Waals surface area contributed by atoms with Gasteiger partial charge in [0.05, 0.1) is 20.8 Å². The van der Waals surface area contributed by atoms with Crippen LogP contribution in [-0.2, 0) is 13.1 Å². The standard InChI is InChI=1S/C21H31N5O2S.HI/c1-5-22-21(24-14-20-23-13-16(2)29-20)26-10-8-25(9-11-26)15-17-12-18(27-3)6-7-19(17)28-4;/h6-7,12-13H,5,8-11,14-15H2,1-4H3,(H,22,24);1H. The molecule has 7 nitrogen and oxygen atoms in total. The average molecular weight is 545 g/mol. The summed E-state index contributed by atoms with van der Waals surface area (Å²) in [5.74, 6) is 2.74. The Morgan fingerprint density at radius 1 is 1.20 bits per heavy atom. The van der Waals surface area contributed by atoms with Gasteiger partial charge in [-0.15, -0.1) is 35.3 Å². The zero-order valence-electron chi connectivity index (χ0n) is 18.2. The van der Waals surface area contributed by atoms with E-state index in [1.54, 1.807) is 25.6 Å². The van der Waals surface area contributed by atoms with E-state index in [0.29, 0.717) is 6.54 Å². The van der Waals surface area contributed by atoms with Gasteiger partial charge in [-0.3, -0.25) is 4.90 Å². The lowest BCUT2D eigenvalue weighted by molar-refractivity contribution is 0.171. The Bertz CT molecular complexity index is 821. The number of benzene rings is 1. The van der Waals surface area contributed by atoms with Crippen molar-refractivity contribution in [2.24, 2.45) is 4.99 Å². The number of nitrogens with zero attached hydrogens (tertiary/aromatic N) is 4. The number of hydrogen-bond donors (Lipinski definition) is 1. The molecule has 1 N–H and O–H groups in total. The van der Waals surface area contributed by atoms with Crippen LogP contribution in [-0.4, -0.2) is 67.7 Å². The van der Waals surface area contributed by atoms with Gasteiger partial charge in [0, 0.05) is 55.9 Å². The number of ether oxygens (including phenoxy) is 2. The van der Waals surface area contributed by atoms with Crippen LogP contribution in [0.4, 0.5) is 0 Å². The summed E-state index contributed by atoms with van der Waals surface area (Å²) in [4.78, 5) is 15.2. The maximum atomic E-state index is 5.53. The molecule has 1 aromatic carbocycles. The van der Waals surface area contributed by atoms with Crippen molar-refractivity contribution in [3.05, 3.63) is 39.8 Å². The Kier molecular flexibility index (Phi) is 10.1. The number of thiazole rings is 1. The van der Waals surface area contributed by atoms with Crippen LogP contribution in [0.2, 0.25) is 0 Å². The topological polar surface area (TPSA) is 62.2 Å². The number of guanidine groups is 1. The minimum Gasteiger partial charge on any atom is -0.497 e. The van der Waals surface area contributed by atoms with Crippen molar-refractivity contribution in [1.82, 2.24) is 20.1 Å². The van der Waals surface area contributed by atoms with Crippen molar-refractivity contribution < 1.29 is 9.47 Å². The third-order valence-electron chi connectivity index (χ3n) is 4.92. The van der Waals surface area contributed by atoms with E-state index >= 15 is 0 Å². The third-order valence-corrected chi connectivity index (χ3v) is 5.82. The van der Waals surface area contributed by atoms with Gasteiger partial charge >= 0.3 is 0 Å². The first-order chi connectivity index (χ1) is 14.1. The highest BCUT2D eigenvalue weighted by Crippen LogP contribution is 2.25. The average Bonchev–Trinajstić information content (AvgIpc) is 3.17. The molecule has 1 fully saturated rings. The fraction of sp³-hybridized carbons (Fsp3) is 0.524. The van der Waals surface area contributed by atoms with Crippen molar-refractivity contribution in [2.45, 2.75) is 26.9 Å². The second-order valence-corrected chi connectivity index (χ2v) is 8.30. The summed E-state index contributed by atoms with van der Waals surface area (Å²) in [6.45, 7) is 10.3. The van der Waals surface area contributed by atoms with E-state index in [1.807, 2.05) is 18.3 Å². The number of methoxy groups -OCH3 is 2. The molecule has 1 aliphatic rings. The maximum Gasteiger partial charge on any atom is 0.194 e. The lowest BCUT2D eigenvalue weighted by atomic mass is 10.1. The van der Waals surface area contributed by atoms with E-state index in [4.69, 9.17) is 14.5 Å². The van der Waals surface area contributed by atoms with Crippen LogP contribution in [0.25, 0.3) is 0 Å². The van der Waals surface area contributed by atoms with Crippen molar-refractivity contribution in [2.75, 3.05) is 46.9 Å². The molecule has 0 unspecified atom stereocenters. The first-order valence-corrected chi connectivity index (χ1v) is 10.8. The van der Waals surface area contributed by atoms with Gasteiger partial charge in [0.15, 0.2) is 5.96 Å². The summed E-state index contributed by atoms with van der Waals surface area (Å²) >= 11 is 1.71. The van der Waals surface area contributed by atoms with Crippen LogP contribution in [0.3, 0.4) is 0 Å². The molecule has 2 aromatic rings. The van der Waals surface area contributed by atoms with Crippen LogP contribution in [0.15, 0.2) is 29.4 Å². The van der Waals surface area contributed by atoms with Gasteiger partial charge in [-0.05, 0) is 32.0 Å². The monoisotopic (exact) mass is 545 g/mol. The molecule has 0 amide bonds. The smallest absolute Gasteiger partial charge is 0.194 e. The van der Waals surface area contributed by atoms with Crippen LogP contribution in [0.1, 0.15) is 22.4 Å². The molecule has 0 radical (unpaired) electrons. The van der Waals surface area contributed by atoms with Crippen molar-refractivity contribution in [1.29, 1.82) is 0 Å². The molecule has 9 heteroatoms. The van der Waals surface area contributed by atoms with Gasteiger partial charge in [-0.1, -0.05) is 0 Å². The van der Waals surface area contributed by atoms with Crippen LogP contribution in [0, 0.1) is 6.92 Å². The zero-order valence-corrected chi connectivity index (χ0v) is 21.3. The molecule has 1 aliphatic heterocycles. The molecule has 3 rings (SSSR count). The minimum atomic E-state index is 0. The number of halogens is 1. The van der Waals surface area contributed by atoms with Gasteiger partial charge < -0.3 is 19.7 Å². The maximum absolute atomic E-state index is 5.53. The number of piperazine rings is 1. The SMILES string of the molecule is CCNC(=NCc1ncc(C)s1)N1CCN(Cc2cc(OC)ccc2OC)CC1.I. The van der Waals surface area contributed by atoms with Crippen molar-refractivity contribution in [3.8, 4) is 11.5 Å². The minimum absolute atomic E-state index is 0. The first-order valence-electron chi connectivity index (χ1n) is 10.0. The summed E-state index contributed by atoms with van der Waals surface area (Å²) in [6.07, 6.45) is 1.91. The van der Waals surface area contributed by atoms with Crippen LogP contribution in [0.5, 0.6) is 11.5 Å². The summed E-state index contributed by atoms with van der Waals surface area (Å²) in [7, 11) is 3.41. The van der Waals surface area contributed by atoms with E-state index in [2.05, 4.69) is 40.0 Å². The Morgan fingerprint density at radius 3 is 2.57 bits per heavy atom. The van der Waals surface area contributed by atoms with E-state index < -0.39 is 0 Å².